The van der Waals surface area contributed by atoms with Crippen LogP contribution in [-0.2, 0) is 28.9 Å². The number of sulfone groups is 1. The minimum absolute atomic E-state index is 0.247. The third-order valence-electron chi connectivity index (χ3n) is 2.09. The summed E-state index contributed by atoms with van der Waals surface area (Å²) < 4.78 is 32.3. The van der Waals surface area contributed by atoms with Crippen LogP contribution in [0.2, 0.25) is 0 Å². The second-order valence-electron chi connectivity index (χ2n) is 3.82. The summed E-state index contributed by atoms with van der Waals surface area (Å²) in [5, 5.41) is 2.40. The molecule has 0 aromatic rings. The fraction of sp³-hybridized carbons (Fsp3) is 0.800. The van der Waals surface area contributed by atoms with Gasteiger partial charge in [0.2, 0.25) is 5.91 Å². The second kappa shape index (κ2) is 8.04. The first kappa shape index (κ1) is 16.9. The normalized spacial score (nSPS) is 12.8. The molecule has 1 N–H and O–H groups in total. The highest BCUT2D eigenvalue weighted by atomic mass is 32.2. The molecular formula is C10H19NO6S. The summed E-state index contributed by atoms with van der Waals surface area (Å²) >= 11 is 0. The second-order valence-corrected chi connectivity index (χ2v) is 5.93. The Morgan fingerprint density at radius 1 is 1.28 bits per heavy atom. The first-order valence-electron chi connectivity index (χ1n) is 5.36. The Balaban J connectivity index is 4.22. The molecule has 106 valence electrons. The summed E-state index contributed by atoms with van der Waals surface area (Å²) in [7, 11) is -0.969. The zero-order valence-corrected chi connectivity index (χ0v) is 11.6. The Hall–Kier alpha value is -1.15. The summed E-state index contributed by atoms with van der Waals surface area (Å²) in [6.45, 7) is 1.99. The molecule has 0 aliphatic carbocycles. The van der Waals surface area contributed by atoms with Crippen molar-refractivity contribution in [2.75, 3.05) is 38.9 Å². The number of amides is 1. The fourth-order valence-electron chi connectivity index (χ4n) is 1.25. The molecule has 7 nitrogen and oxygen atoms in total. The van der Waals surface area contributed by atoms with Crippen molar-refractivity contribution in [2.24, 2.45) is 5.92 Å². The number of hydrogen-bond acceptors (Lipinski definition) is 6. The van der Waals surface area contributed by atoms with Crippen LogP contribution in [0, 0.1) is 5.92 Å². The average molecular weight is 281 g/mol. The summed E-state index contributed by atoms with van der Waals surface area (Å²) in [6, 6.07) is 0. The SMILES string of the molecule is COCCNC(=O)CS(=O)(=O)CC(C)C(=O)OC. The van der Waals surface area contributed by atoms with E-state index >= 15 is 0 Å². The van der Waals surface area contributed by atoms with Crippen LogP contribution < -0.4 is 5.32 Å². The molecule has 0 fully saturated rings. The number of methoxy groups -OCH3 is 2. The molecule has 0 spiro atoms. The molecule has 18 heavy (non-hydrogen) atoms. The Bertz CT molecular complexity index is 378. The monoisotopic (exact) mass is 281 g/mol. The third-order valence-corrected chi connectivity index (χ3v) is 3.80. The van der Waals surface area contributed by atoms with Crippen molar-refractivity contribution in [3.63, 3.8) is 0 Å². The summed E-state index contributed by atoms with van der Waals surface area (Å²) in [5.41, 5.74) is 0. The van der Waals surface area contributed by atoms with Gasteiger partial charge in [-0.3, -0.25) is 9.59 Å². The van der Waals surface area contributed by atoms with Crippen molar-refractivity contribution in [2.45, 2.75) is 6.92 Å². The number of rotatable bonds is 8. The van der Waals surface area contributed by atoms with Gasteiger partial charge >= 0.3 is 5.97 Å². The van der Waals surface area contributed by atoms with E-state index in [0.717, 1.165) is 0 Å². The highest BCUT2D eigenvalue weighted by Gasteiger charge is 2.24. The molecule has 0 aromatic heterocycles. The van der Waals surface area contributed by atoms with E-state index in [-0.39, 0.29) is 6.54 Å². The van der Waals surface area contributed by atoms with Gasteiger partial charge in [0, 0.05) is 13.7 Å². The molecule has 0 bridgehead atoms. The summed E-state index contributed by atoms with van der Waals surface area (Å²) in [6.07, 6.45) is 0. The van der Waals surface area contributed by atoms with E-state index in [0.29, 0.717) is 6.61 Å². The van der Waals surface area contributed by atoms with E-state index in [1.807, 2.05) is 0 Å². The first-order chi connectivity index (χ1) is 8.32. The molecule has 1 unspecified atom stereocenters. The molecular weight excluding hydrogens is 262 g/mol. The number of nitrogens with one attached hydrogen (secondary N) is 1. The van der Waals surface area contributed by atoms with Crippen LogP contribution >= 0.6 is 0 Å². The topological polar surface area (TPSA) is 98.8 Å². The van der Waals surface area contributed by atoms with Crippen molar-refractivity contribution in [1.82, 2.24) is 5.32 Å². The van der Waals surface area contributed by atoms with Gasteiger partial charge in [-0.25, -0.2) is 8.42 Å². The van der Waals surface area contributed by atoms with Crippen LogP contribution in [0.1, 0.15) is 6.92 Å². The third kappa shape index (κ3) is 7.23. The molecule has 0 saturated carbocycles. The lowest BCUT2D eigenvalue weighted by Gasteiger charge is -2.10. The van der Waals surface area contributed by atoms with Crippen LogP contribution in [0.15, 0.2) is 0 Å². The Morgan fingerprint density at radius 3 is 2.39 bits per heavy atom. The molecule has 1 amide bonds. The minimum atomic E-state index is -3.63. The van der Waals surface area contributed by atoms with Crippen LogP contribution in [0.25, 0.3) is 0 Å². The largest absolute Gasteiger partial charge is 0.469 e. The molecule has 1 atom stereocenters. The zero-order valence-electron chi connectivity index (χ0n) is 10.8. The highest BCUT2D eigenvalue weighted by molar-refractivity contribution is 7.92. The summed E-state index contributed by atoms with van der Waals surface area (Å²) in [4.78, 5) is 22.4. The Kier molecular flexibility index (Phi) is 7.53. The number of carbonyl (C=O) groups is 2. The van der Waals surface area contributed by atoms with Crippen molar-refractivity contribution in [3.05, 3.63) is 0 Å². The van der Waals surface area contributed by atoms with Crippen molar-refractivity contribution < 1.29 is 27.5 Å². The van der Waals surface area contributed by atoms with Gasteiger partial charge in [-0.05, 0) is 0 Å². The maximum absolute atomic E-state index is 11.6. The van der Waals surface area contributed by atoms with Crippen molar-refractivity contribution in [3.8, 4) is 0 Å². The number of ether oxygens (including phenoxy) is 2. The van der Waals surface area contributed by atoms with E-state index in [1.54, 1.807) is 0 Å². The van der Waals surface area contributed by atoms with Gasteiger partial charge in [0.25, 0.3) is 0 Å². The summed E-state index contributed by atoms with van der Waals surface area (Å²) in [5.74, 6) is -3.05. The quantitative estimate of drug-likeness (QED) is 0.451. The number of esters is 1. The minimum Gasteiger partial charge on any atom is -0.469 e. The van der Waals surface area contributed by atoms with Crippen molar-refractivity contribution in [1.29, 1.82) is 0 Å². The maximum Gasteiger partial charge on any atom is 0.309 e. The predicted molar refractivity (Wildman–Crippen MR) is 64.7 cm³/mol. The van der Waals surface area contributed by atoms with Crippen LogP contribution in [0.3, 0.4) is 0 Å². The maximum atomic E-state index is 11.6. The molecule has 0 aliphatic rings. The van der Waals surface area contributed by atoms with Crippen molar-refractivity contribution >= 4 is 21.7 Å². The van der Waals surface area contributed by atoms with Crippen LogP contribution in [0.4, 0.5) is 0 Å². The standard InChI is InChI=1S/C10H19NO6S/c1-8(10(13)17-3)6-18(14,15)7-9(12)11-4-5-16-2/h8H,4-7H2,1-3H3,(H,11,12). The van der Waals surface area contributed by atoms with E-state index in [4.69, 9.17) is 4.74 Å². The lowest BCUT2D eigenvalue weighted by Crippen LogP contribution is -2.35. The van der Waals surface area contributed by atoms with Gasteiger partial charge in [-0.2, -0.15) is 0 Å². The van der Waals surface area contributed by atoms with Gasteiger partial charge < -0.3 is 14.8 Å². The Morgan fingerprint density at radius 2 is 1.89 bits per heavy atom. The fourth-order valence-corrected chi connectivity index (χ4v) is 2.77. The first-order valence-corrected chi connectivity index (χ1v) is 7.18. The van der Waals surface area contributed by atoms with Crippen LogP contribution in [-0.4, -0.2) is 59.2 Å². The van der Waals surface area contributed by atoms with Gasteiger partial charge in [0.15, 0.2) is 9.84 Å². The molecule has 0 heterocycles. The van der Waals surface area contributed by atoms with E-state index in [1.165, 1.54) is 21.1 Å². The molecule has 0 aliphatic heterocycles. The van der Waals surface area contributed by atoms with Gasteiger partial charge in [-0.1, -0.05) is 6.92 Å². The average Bonchev–Trinajstić information content (AvgIpc) is 2.26. The highest BCUT2D eigenvalue weighted by Crippen LogP contribution is 2.04. The molecule has 0 rings (SSSR count). The van der Waals surface area contributed by atoms with E-state index in [2.05, 4.69) is 10.1 Å². The van der Waals surface area contributed by atoms with E-state index < -0.39 is 39.1 Å². The lowest BCUT2D eigenvalue weighted by atomic mass is 10.2. The Labute approximate surface area is 107 Å². The zero-order chi connectivity index (χ0) is 14.2. The van der Waals surface area contributed by atoms with Gasteiger partial charge in [0.1, 0.15) is 5.75 Å². The molecule has 8 heteroatoms. The predicted octanol–water partition coefficient (Wildman–Crippen LogP) is -1.03. The van der Waals surface area contributed by atoms with Gasteiger partial charge in [0.05, 0.1) is 25.4 Å². The smallest absolute Gasteiger partial charge is 0.309 e. The molecule has 0 aromatic carbocycles. The van der Waals surface area contributed by atoms with Gasteiger partial charge in [-0.15, -0.1) is 0 Å². The number of carbonyl (C=O) groups excluding carboxylic acids is 2. The molecule has 0 radical (unpaired) electrons. The lowest BCUT2D eigenvalue weighted by molar-refractivity contribution is -0.144. The molecule has 0 saturated heterocycles. The number of hydrogen-bond donors (Lipinski definition) is 1. The van der Waals surface area contributed by atoms with E-state index in [9.17, 15) is 18.0 Å². The van der Waals surface area contributed by atoms with Crippen LogP contribution in [0.5, 0.6) is 0 Å².